The van der Waals surface area contributed by atoms with Crippen LogP contribution in [0.3, 0.4) is 0 Å². The molecule has 7 nitrogen and oxygen atoms in total. The summed E-state index contributed by atoms with van der Waals surface area (Å²) in [6.07, 6.45) is 0. The van der Waals surface area contributed by atoms with E-state index in [-0.39, 0.29) is 5.54 Å². The Morgan fingerprint density at radius 1 is 1.28 bits per heavy atom. The largest absolute Gasteiger partial charge is 0.392 e. The zero-order valence-corrected chi connectivity index (χ0v) is 11.8. The molecule has 0 unspecified atom stereocenters. The van der Waals surface area contributed by atoms with Gasteiger partial charge in [-0.1, -0.05) is 17.3 Å². The molecule has 0 amide bonds. The highest BCUT2D eigenvalue weighted by Crippen LogP contribution is 2.19. The third kappa shape index (κ3) is 2.30. The molecule has 8 heteroatoms. The molecule has 1 aromatic rings. The predicted octanol–water partition coefficient (Wildman–Crippen LogP) is -0.603. The number of aromatic nitrogens is 4. The van der Waals surface area contributed by atoms with E-state index in [1.807, 2.05) is 7.05 Å². The molecule has 0 spiro atoms. The topological polar surface area (TPSA) is 76.1 Å². The molecular formula is C10H19N7S. The lowest BCUT2D eigenvalue weighted by Gasteiger charge is -2.43. The summed E-state index contributed by atoms with van der Waals surface area (Å²) >= 11 is 5.13. The van der Waals surface area contributed by atoms with E-state index >= 15 is 0 Å². The Morgan fingerprint density at radius 3 is 2.33 bits per heavy atom. The van der Waals surface area contributed by atoms with Crippen LogP contribution in [0, 0.1) is 0 Å². The first-order valence-electron chi connectivity index (χ1n) is 5.95. The van der Waals surface area contributed by atoms with Crippen LogP contribution >= 0.6 is 12.2 Å². The van der Waals surface area contributed by atoms with Gasteiger partial charge in [-0.3, -0.25) is 4.90 Å². The first-order chi connectivity index (χ1) is 8.43. The summed E-state index contributed by atoms with van der Waals surface area (Å²) in [6.45, 7) is 7.68. The molecule has 1 saturated heterocycles. The summed E-state index contributed by atoms with van der Waals surface area (Å²) in [7, 11) is 1.85. The summed E-state index contributed by atoms with van der Waals surface area (Å²) in [5.74, 6) is 0.808. The minimum absolute atomic E-state index is 0.237. The van der Waals surface area contributed by atoms with E-state index in [0.717, 1.165) is 32.1 Å². The first-order valence-corrected chi connectivity index (χ1v) is 6.36. The highest BCUT2D eigenvalue weighted by Gasteiger charge is 2.33. The van der Waals surface area contributed by atoms with Gasteiger partial charge in [0.1, 0.15) is 0 Å². The van der Waals surface area contributed by atoms with Crippen molar-refractivity contribution in [2.75, 3.05) is 31.1 Å². The maximum absolute atomic E-state index is 5.79. The number of tetrazole rings is 1. The van der Waals surface area contributed by atoms with Gasteiger partial charge in [0.25, 0.3) is 0 Å². The summed E-state index contributed by atoms with van der Waals surface area (Å²) in [5.41, 5.74) is 5.56. The van der Waals surface area contributed by atoms with Crippen LogP contribution in [-0.4, -0.2) is 61.8 Å². The van der Waals surface area contributed by atoms with E-state index in [1.54, 1.807) is 4.68 Å². The SMILES string of the molecule is Cn1nnnc1N1CCN(C(C)(C)C(N)=S)CC1. The Morgan fingerprint density at radius 2 is 1.89 bits per heavy atom. The van der Waals surface area contributed by atoms with E-state index in [0.29, 0.717) is 4.99 Å². The van der Waals surface area contributed by atoms with Crippen LogP contribution in [0.15, 0.2) is 0 Å². The van der Waals surface area contributed by atoms with Crippen molar-refractivity contribution in [3.63, 3.8) is 0 Å². The monoisotopic (exact) mass is 269 g/mol. The Balaban J connectivity index is 2.01. The third-order valence-electron chi connectivity index (χ3n) is 3.55. The van der Waals surface area contributed by atoms with E-state index < -0.39 is 0 Å². The number of anilines is 1. The van der Waals surface area contributed by atoms with Crippen molar-refractivity contribution in [3.05, 3.63) is 0 Å². The lowest BCUT2D eigenvalue weighted by atomic mass is 10.0. The molecule has 1 aliphatic heterocycles. The van der Waals surface area contributed by atoms with Crippen molar-refractivity contribution in [2.24, 2.45) is 12.8 Å². The number of hydrogen-bond donors (Lipinski definition) is 1. The fraction of sp³-hybridized carbons (Fsp3) is 0.800. The van der Waals surface area contributed by atoms with Crippen molar-refractivity contribution in [3.8, 4) is 0 Å². The van der Waals surface area contributed by atoms with Gasteiger partial charge in [0.05, 0.1) is 10.5 Å². The van der Waals surface area contributed by atoms with Crippen LogP contribution in [0.2, 0.25) is 0 Å². The molecule has 2 rings (SSSR count). The van der Waals surface area contributed by atoms with Gasteiger partial charge in [-0.15, -0.1) is 0 Å². The molecule has 18 heavy (non-hydrogen) atoms. The molecule has 1 fully saturated rings. The summed E-state index contributed by atoms with van der Waals surface area (Å²) in [4.78, 5) is 5.01. The van der Waals surface area contributed by atoms with Crippen LogP contribution in [0.1, 0.15) is 13.8 Å². The van der Waals surface area contributed by atoms with Gasteiger partial charge in [0.2, 0.25) is 5.95 Å². The van der Waals surface area contributed by atoms with Gasteiger partial charge in [0.15, 0.2) is 0 Å². The average molecular weight is 269 g/mol. The summed E-state index contributed by atoms with van der Waals surface area (Å²) in [6, 6.07) is 0. The van der Waals surface area contributed by atoms with E-state index in [2.05, 4.69) is 39.2 Å². The van der Waals surface area contributed by atoms with Gasteiger partial charge < -0.3 is 10.6 Å². The second-order valence-electron chi connectivity index (χ2n) is 5.00. The molecule has 100 valence electrons. The summed E-state index contributed by atoms with van der Waals surface area (Å²) < 4.78 is 1.69. The van der Waals surface area contributed by atoms with Crippen molar-refractivity contribution in [2.45, 2.75) is 19.4 Å². The number of nitrogens with zero attached hydrogens (tertiary/aromatic N) is 6. The zero-order valence-electron chi connectivity index (χ0n) is 11.0. The fourth-order valence-corrected chi connectivity index (χ4v) is 2.24. The molecule has 0 aliphatic carbocycles. The number of thiocarbonyl (C=S) groups is 1. The number of aryl methyl sites for hydroxylation is 1. The lowest BCUT2D eigenvalue weighted by Crippen LogP contribution is -2.59. The minimum atomic E-state index is -0.237. The van der Waals surface area contributed by atoms with Crippen LogP contribution in [0.25, 0.3) is 0 Å². The minimum Gasteiger partial charge on any atom is -0.392 e. The highest BCUT2D eigenvalue weighted by molar-refractivity contribution is 7.80. The van der Waals surface area contributed by atoms with Crippen LogP contribution in [0.5, 0.6) is 0 Å². The number of nitrogens with two attached hydrogens (primary N) is 1. The standard InChI is InChI=1S/C10H19N7S/c1-10(2,8(11)18)17-6-4-16(5-7-17)9-12-13-14-15(9)3/h4-7H2,1-3H3,(H2,11,18). The summed E-state index contributed by atoms with van der Waals surface area (Å²) in [5, 5.41) is 11.5. The number of hydrogen-bond acceptors (Lipinski definition) is 6. The molecule has 0 radical (unpaired) electrons. The second-order valence-corrected chi connectivity index (χ2v) is 5.44. The van der Waals surface area contributed by atoms with E-state index in [9.17, 15) is 0 Å². The van der Waals surface area contributed by atoms with Gasteiger partial charge in [0, 0.05) is 33.2 Å². The molecular weight excluding hydrogens is 250 g/mol. The molecule has 1 aliphatic rings. The van der Waals surface area contributed by atoms with E-state index in [1.165, 1.54) is 0 Å². The smallest absolute Gasteiger partial charge is 0.245 e. The first kappa shape index (κ1) is 13.2. The average Bonchev–Trinajstić information content (AvgIpc) is 2.75. The van der Waals surface area contributed by atoms with Gasteiger partial charge in [-0.25, -0.2) is 4.68 Å². The zero-order chi connectivity index (χ0) is 13.3. The number of rotatable bonds is 3. The quantitative estimate of drug-likeness (QED) is 0.734. The van der Waals surface area contributed by atoms with Gasteiger partial charge in [-0.05, 0) is 24.3 Å². The van der Waals surface area contributed by atoms with Crippen molar-refractivity contribution < 1.29 is 0 Å². The van der Waals surface area contributed by atoms with Crippen molar-refractivity contribution >= 4 is 23.2 Å². The Hall–Kier alpha value is -1.28. The maximum Gasteiger partial charge on any atom is 0.245 e. The number of piperazine rings is 1. The molecule has 2 heterocycles. The lowest BCUT2D eigenvalue weighted by molar-refractivity contribution is 0.167. The molecule has 0 aromatic carbocycles. The Bertz CT molecular complexity index is 433. The highest BCUT2D eigenvalue weighted by atomic mass is 32.1. The van der Waals surface area contributed by atoms with Gasteiger partial charge in [-0.2, -0.15) is 0 Å². The van der Waals surface area contributed by atoms with E-state index in [4.69, 9.17) is 18.0 Å². The molecule has 0 bridgehead atoms. The van der Waals surface area contributed by atoms with Crippen LogP contribution in [0.4, 0.5) is 5.95 Å². The predicted molar refractivity (Wildman–Crippen MR) is 73.4 cm³/mol. The van der Waals surface area contributed by atoms with Crippen LogP contribution < -0.4 is 10.6 Å². The second kappa shape index (κ2) is 4.77. The molecule has 1 aromatic heterocycles. The Kier molecular flexibility index (Phi) is 3.49. The fourth-order valence-electron chi connectivity index (χ4n) is 2.11. The maximum atomic E-state index is 5.79. The molecule has 0 saturated carbocycles. The normalized spacial score (nSPS) is 18.1. The molecule has 0 atom stereocenters. The van der Waals surface area contributed by atoms with Crippen LogP contribution in [-0.2, 0) is 7.05 Å². The van der Waals surface area contributed by atoms with Crippen molar-refractivity contribution in [1.82, 2.24) is 25.1 Å². The van der Waals surface area contributed by atoms with Crippen molar-refractivity contribution in [1.29, 1.82) is 0 Å². The van der Waals surface area contributed by atoms with Gasteiger partial charge >= 0.3 is 0 Å². The third-order valence-corrected chi connectivity index (χ3v) is 4.05. The molecule has 2 N–H and O–H groups in total. The Labute approximate surface area is 112 Å².